The summed E-state index contributed by atoms with van der Waals surface area (Å²) >= 11 is 0. The highest BCUT2D eigenvalue weighted by molar-refractivity contribution is 6.23. The zero-order chi connectivity index (χ0) is 11.5. The second-order valence-corrected chi connectivity index (χ2v) is 3.66. The van der Waals surface area contributed by atoms with Crippen LogP contribution in [0, 0.1) is 0 Å². The summed E-state index contributed by atoms with van der Waals surface area (Å²) in [5.41, 5.74) is -1.31. The van der Waals surface area contributed by atoms with Crippen molar-refractivity contribution < 1.29 is 24.2 Å². The molecular weight excluding hydrogens is 199 g/mol. The van der Waals surface area contributed by atoms with Crippen molar-refractivity contribution in [2.45, 2.75) is 31.2 Å². The molecule has 1 rings (SSSR count). The normalized spacial score (nSPS) is 33.3. The lowest BCUT2D eigenvalue weighted by atomic mass is 9.85. The van der Waals surface area contributed by atoms with E-state index in [0.717, 1.165) is 0 Å². The van der Waals surface area contributed by atoms with Crippen molar-refractivity contribution in [3.63, 3.8) is 0 Å². The second kappa shape index (κ2) is 4.66. The third-order valence-electron chi connectivity index (χ3n) is 2.33. The molecule has 1 heterocycles. The van der Waals surface area contributed by atoms with Gasteiger partial charge in [0.15, 0.2) is 0 Å². The minimum atomic E-state index is -1.31. The van der Waals surface area contributed by atoms with E-state index >= 15 is 0 Å². The molecule has 0 spiro atoms. The van der Waals surface area contributed by atoms with Gasteiger partial charge in [-0.15, -0.1) is 0 Å². The highest BCUT2D eigenvalue weighted by Gasteiger charge is 2.32. The molecular formula is C9H13BO5. The van der Waals surface area contributed by atoms with Crippen LogP contribution in [0.25, 0.3) is 0 Å². The van der Waals surface area contributed by atoms with Crippen LogP contribution in [-0.4, -0.2) is 43.7 Å². The van der Waals surface area contributed by atoms with Crippen LogP contribution in [0.3, 0.4) is 0 Å². The number of hydrogen-bond donors (Lipinski definition) is 1. The summed E-state index contributed by atoms with van der Waals surface area (Å²) in [6.07, 6.45) is 0.0986. The molecule has 1 saturated heterocycles. The van der Waals surface area contributed by atoms with Crippen LogP contribution < -0.4 is 0 Å². The van der Waals surface area contributed by atoms with Gasteiger partial charge in [0.05, 0.1) is 14.3 Å². The van der Waals surface area contributed by atoms with Gasteiger partial charge in [-0.1, -0.05) is 6.92 Å². The van der Waals surface area contributed by atoms with E-state index in [1.807, 2.05) is 0 Å². The summed E-state index contributed by atoms with van der Waals surface area (Å²) in [4.78, 5) is 22.3. The number of cyclic esters (lactones) is 2. The number of aliphatic hydroxyl groups is 1. The maximum absolute atomic E-state index is 11.2. The smallest absolute Gasteiger partial charge is 0.305 e. The third kappa shape index (κ3) is 3.23. The highest BCUT2D eigenvalue weighted by Crippen LogP contribution is 2.18. The molecule has 2 radical (unpaired) electrons. The van der Waals surface area contributed by atoms with Crippen molar-refractivity contribution in [3.8, 4) is 0 Å². The van der Waals surface area contributed by atoms with E-state index in [1.54, 1.807) is 6.92 Å². The quantitative estimate of drug-likeness (QED) is 0.471. The van der Waals surface area contributed by atoms with E-state index in [0.29, 0.717) is 6.42 Å². The Bertz CT molecular complexity index is 267. The van der Waals surface area contributed by atoms with E-state index in [4.69, 9.17) is 17.3 Å². The molecule has 1 N–H and O–H groups in total. The molecule has 1 aliphatic rings. The number of carbonyl (C=O) groups is 2. The molecule has 6 heteroatoms. The van der Waals surface area contributed by atoms with Crippen LogP contribution >= 0.6 is 0 Å². The first-order valence-electron chi connectivity index (χ1n) is 4.77. The number of ether oxygens (including phenoxy) is 2. The molecule has 5 nitrogen and oxygen atoms in total. The van der Waals surface area contributed by atoms with Crippen molar-refractivity contribution in [1.29, 1.82) is 0 Å². The second-order valence-electron chi connectivity index (χ2n) is 3.66. The number of carbonyl (C=O) groups excluding carboxylic acids is 2. The molecule has 0 aromatic rings. The molecule has 1 aliphatic heterocycles. The minimum Gasteiger partial charge on any atom is -0.463 e. The maximum Gasteiger partial charge on any atom is 0.305 e. The van der Waals surface area contributed by atoms with Gasteiger partial charge in [0.1, 0.15) is 18.8 Å². The van der Waals surface area contributed by atoms with E-state index in [-0.39, 0.29) is 19.6 Å². The van der Waals surface area contributed by atoms with Crippen LogP contribution in [0.1, 0.15) is 19.8 Å². The Kier molecular flexibility index (Phi) is 3.74. The molecule has 0 aromatic heterocycles. The summed E-state index contributed by atoms with van der Waals surface area (Å²) in [5.74, 6) is -2.31. The molecule has 82 valence electrons. The minimum absolute atomic E-state index is 0.178. The van der Waals surface area contributed by atoms with Gasteiger partial charge in [-0.2, -0.15) is 0 Å². The van der Waals surface area contributed by atoms with Crippen LogP contribution in [0.4, 0.5) is 0 Å². The summed E-state index contributed by atoms with van der Waals surface area (Å²) in [7, 11) is 5.38. The predicted molar refractivity (Wildman–Crippen MR) is 51.3 cm³/mol. The van der Waals surface area contributed by atoms with Gasteiger partial charge in [0.25, 0.3) is 0 Å². The van der Waals surface area contributed by atoms with Gasteiger partial charge in [0, 0.05) is 5.82 Å². The number of rotatable bonds is 1. The SMILES string of the molecule is [B]C1CC(=O)OCC(O)(CC)COC1=O. The van der Waals surface area contributed by atoms with Crippen LogP contribution in [-0.2, 0) is 19.1 Å². The van der Waals surface area contributed by atoms with Gasteiger partial charge in [-0.05, 0) is 6.42 Å². The Hall–Kier alpha value is -1.04. The van der Waals surface area contributed by atoms with Gasteiger partial charge < -0.3 is 14.6 Å². The predicted octanol–water partition coefficient (Wildman–Crippen LogP) is -0.425. The van der Waals surface area contributed by atoms with Crippen LogP contribution in [0.2, 0.25) is 5.82 Å². The topological polar surface area (TPSA) is 72.8 Å². The zero-order valence-electron chi connectivity index (χ0n) is 8.56. The summed E-state index contributed by atoms with van der Waals surface area (Å²) in [6.45, 7) is 1.32. The molecule has 0 amide bonds. The van der Waals surface area contributed by atoms with Gasteiger partial charge in [-0.25, -0.2) is 0 Å². The number of hydrogen-bond acceptors (Lipinski definition) is 5. The van der Waals surface area contributed by atoms with Crippen LogP contribution in [0.15, 0.2) is 0 Å². The van der Waals surface area contributed by atoms with E-state index in [1.165, 1.54) is 0 Å². The standard InChI is InChI=1S/C9H13BO5/c1-2-9(13)4-14-7(11)3-6(10)8(12)15-5-9/h6,13H,2-5H2,1H3. The van der Waals surface area contributed by atoms with Crippen molar-refractivity contribution in [1.82, 2.24) is 0 Å². The monoisotopic (exact) mass is 212 g/mol. The molecule has 1 fully saturated rings. The molecule has 2 atom stereocenters. The molecule has 0 bridgehead atoms. The third-order valence-corrected chi connectivity index (χ3v) is 2.33. The fraction of sp³-hybridized carbons (Fsp3) is 0.778. The van der Waals surface area contributed by atoms with Gasteiger partial charge >= 0.3 is 11.9 Å². The average molecular weight is 212 g/mol. The van der Waals surface area contributed by atoms with Crippen molar-refractivity contribution in [2.75, 3.05) is 13.2 Å². The highest BCUT2D eigenvalue weighted by atomic mass is 16.6. The Morgan fingerprint density at radius 3 is 2.67 bits per heavy atom. The lowest BCUT2D eigenvalue weighted by molar-refractivity contribution is -0.157. The van der Waals surface area contributed by atoms with E-state index < -0.39 is 23.4 Å². The maximum atomic E-state index is 11.2. The van der Waals surface area contributed by atoms with Crippen molar-refractivity contribution >= 4 is 19.8 Å². The fourth-order valence-corrected chi connectivity index (χ4v) is 1.09. The zero-order valence-corrected chi connectivity index (χ0v) is 8.56. The van der Waals surface area contributed by atoms with Gasteiger partial charge in [0.2, 0.25) is 0 Å². The Morgan fingerprint density at radius 2 is 2.07 bits per heavy atom. The van der Waals surface area contributed by atoms with Crippen molar-refractivity contribution in [3.05, 3.63) is 0 Å². The largest absolute Gasteiger partial charge is 0.463 e. The van der Waals surface area contributed by atoms with E-state index in [9.17, 15) is 14.7 Å². The first-order valence-corrected chi connectivity index (χ1v) is 4.77. The lowest BCUT2D eigenvalue weighted by Gasteiger charge is -2.24. The average Bonchev–Trinajstić information content (AvgIpc) is 2.26. The Labute approximate surface area is 89.1 Å². The van der Waals surface area contributed by atoms with Crippen molar-refractivity contribution in [2.24, 2.45) is 0 Å². The fourth-order valence-electron chi connectivity index (χ4n) is 1.09. The molecule has 0 saturated carbocycles. The molecule has 0 aromatic carbocycles. The lowest BCUT2D eigenvalue weighted by Crippen LogP contribution is -2.39. The summed E-state index contributed by atoms with van der Waals surface area (Å²) < 4.78 is 9.57. The molecule has 15 heavy (non-hydrogen) atoms. The molecule has 2 unspecified atom stereocenters. The molecule has 0 aliphatic carbocycles. The summed E-state index contributed by atoms with van der Waals surface area (Å²) in [5, 5.41) is 9.84. The number of esters is 2. The van der Waals surface area contributed by atoms with Gasteiger partial charge in [-0.3, -0.25) is 9.59 Å². The Balaban J connectivity index is 2.73. The van der Waals surface area contributed by atoms with E-state index in [2.05, 4.69) is 0 Å². The summed E-state index contributed by atoms with van der Waals surface area (Å²) in [6, 6.07) is 0. The Morgan fingerprint density at radius 1 is 1.47 bits per heavy atom. The first kappa shape index (κ1) is 12.0. The first-order chi connectivity index (χ1) is 6.97. The van der Waals surface area contributed by atoms with Crippen LogP contribution in [0.5, 0.6) is 0 Å².